The average Bonchev–Trinajstić information content (AvgIpc) is 2.49. The van der Waals surface area contributed by atoms with Crippen molar-refractivity contribution in [3.8, 4) is 11.5 Å². The molecule has 0 aliphatic carbocycles. The van der Waals surface area contributed by atoms with Crippen LogP contribution in [0.5, 0.6) is 11.5 Å². The van der Waals surface area contributed by atoms with Gasteiger partial charge in [0.1, 0.15) is 0 Å². The molecule has 1 rings (SSSR count). The van der Waals surface area contributed by atoms with Gasteiger partial charge in [-0.25, -0.2) is 0 Å². The highest BCUT2D eigenvalue weighted by Gasteiger charge is 2.09. The Labute approximate surface area is 120 Å². The normalized spacial score (nSPS) is 10.3. The minimum atomic E-state index is 0.283. The van der Waals surface area contributed by atoms with E-state index in [1.165, 1.54) is 0 Å². The third-order valence-corrected chi connectivity index (χ3v) is 3.16. The standard InChI is InChI=1S/C16H24O4/c1-19-15-10-8-9-14(13-18)16(15)20-12-7-5-3-2-4-6-11-17/h8-10,13,17H,2-7,11-12H2,1H3. The van der Waals surface area contributed by atoms with Gasteiger partial charge in [0.25, 0.3) is 0 Å². The largest absolute Gasteiger partial charge is 0.493 e. The molecule has 0 aromatic heterocycles. The summed E-state index contributed by atoms with van der Waals surface area (Å²) in [5.74, 6) is 1.13. The summed E-state index contributed by atoms with van der Waals surface area (Å²) in [5, 5.41) is 8.67. The number of aliphatic hydroxyl groups is 1. The quantitative estimate of drug-likeness (QED) is 0.499. The van der Waals surface area contributed by atoms with Gasteiger partial charge in [0.15, 0.2) is 17.8 Å². The van der Waals surface area contributed by atoms with Crippen molar-refractivity contribution in [2.24, 2.45) is 0 Å². The fourth-order valence-electron chi connectivity index (χ4n) is 2.04. The van der Waals surface area contributed by atoms with Crippen molar-refractivity contribution in [3.63, 3.8) is 0 Å². The molecule has 0 spiro atoms. The fraction of sp³-hybridized carbons (Fsp3) is 0.562. The Kier molecular flexibility index (Phi) is 8.47. The average molecular weight is 280 g/mol. The molecule has 0 heterocycles. The second-order valence-corrected chi connectivity index (χ2v) is 4.69. The molecule has 0 bridgehead atoms. The lowest BCUT2D eigenvalue weighted by Gasteiger charge is -2.12. The molecular weight excluding hydrogens is 256 g/mol. The molecule has 0 fully saturated rings. The molecule has 0 aliphatic rings. The van der Waals surface area contributed by atoms with Crippen LogP contribution in [-0.4, -0.2) is 31.7 Å². The second-order valence-electron chi connectivity index (χ2n) is 4.69. The molecule has 0 saturated heterocycles. The van der Waals surface area contributed by atoms with Gasteiger partial charge in [-0.2, -0.15) is 0 Å². The predicted molar refractivity (Wildman–Crippen MR) is 78.7 cm³/mol. The highest BCUT2D eigenvalue weighted by molar-refractivity contribution is 5.81. The van der Waals surface area contributed by atoms with E-state index in [0.29, 0.717) is 23.7 Å². The van der Waals surface area contributed by atoms with Gasteiger partial charge in [-0.1, -0.05) is 31.7 Å². The Balaban J connectivity index is 2.29. The van der Waals surface area contributed by atoms with E-state index in [4.69, 9.17) is 14.6 Å². The second kappa shape index (κ2) is 10.3. The molecule has 20 heavy (non-hydrogen) atoms. The highest BCUT2D eigenvalue weighted by Crippen LogP contribution is 2.30. The molecule has 0 radical (unpaired) electrons. The van der Waals surface area contributed by atoms with Crippen molar-refractivity contribution < 1.29 is 19.4 Å². The summed E-state index contributed by atoms with van der Waals surface area (Å²) in [5.41, 5.74) is 0.521. The van der Waals surface area contributed by atoms with Crippen LogP contribution in [0.15, 0.2) is 18.2 Å². The van der Waals surface area contributed by atoms with E-state index in [2.05, 4.69) is 0 Å². The number of benzene rings is 1. The lowest BCUT2D eigenvalue weighted by molar-refractivity contribution is 0.111. The number of aldehydes is 1. The Morgan fingerprint density at radius 3 is 2.45 bits per heavy atom. The molecule has 0 unspecified atom stereocenters. The van der Waals surface area contributed by atoms with Crippen molar-refractivity contribution in [1.82, 2.24) is 0 Å². The molecular formula is C16H24O4. The van der Waals surface area contributed by atoms with E-state index in [1.54, 1.807) is 25.3 Å². The van der Waals surface area contributed by atoms with E-state index in [1.807, 2.05) is 0 Å². The van der Waals surface area contributed by atoms with Gasteiger partial charge in [0, 0.05) is 6.61 Å². The zero-order chi connectivity index (χ0) is 14.6. The van der Waals surface area contributed by atoms with Crippen molar-refractivity contribution in [2.75, 3.05) is 20.3 Å². The van der Waals surface area contributed by atoms with Crippen molar-refractivity contribution in [2.45, 2.75) is 38.5 Å². The van der Waals surface area contributed by atoms with E-state index in [9.17, 15) is 4.79 Å². The number of rotatable bonds is 11. The molecule has 1 N–H and O–H groups in total. The molecule has 0 amide bonds. The van der Waals surface area contributed by atoms with E-state index < -0.39 is 0 Å². The molecule has 1 aromatic rings. The van der Waals surface area contributed by atoms with E-state index in [-0.39, 0.29) is 6.61 Å². The first kappa shape index (κ1) is 16.5. The first-order chi connectivity index (χ1) is 9.83. The zero-order valence-corrected chi connectivity index (χ0v) is 12.1. The number of unbranched alkanes of at least 4 members (excludes halogenated alkanes) is 5. The number of para-hydroxylation sites is 1. The molecule has 1 aromatic carbocycles. The number of hydrogen-bond acceptors (Lipinski definition) is 4. The summed E-state index contributed by atoms with van der Waals surface area (Å²) < 4.78 is 10.9. The minimum Gasteiger partial charge on any atom is -0.493 e. The SMILES string of the molecule is COc1cccc(C=O)c1OCCCCCCCCO. The summed E-state index contributed by atoms with van der Waals surface area (Å²) in [6, 6.07) is 5.29. The summed E-state index contributed by atoms with van der Waals surface area (Å²) in [6.45, 7) is 0.868. The Morgan fingerprint density at radius 1 is 1.10 bits per heavy atom. The Bertz CT molecular complexity index is 390. The first-order valence-electron chi connectivity index (χ1n) is 7.19. The van der Waals surface area contributed by atoms with Crippen LogP contribution in [0.1, 0.15) is 48.9 Å². The Morgan fingerprint density at radius 2 is 1.80 bits per heavy atom. The van der Waals surface area contributed by atoms with Gasteiger partial charge >= 0.3 is 0 Å². The number of hydrogen-bond donors (Lipinski definition) is 1. The number of carbonyl (C=O) groups is 1. The van der Waals surface area contributed by atoms with Crippen LogP contribution in [0.25, 0.3) is 0 Å². The van der Waals surface area contributed by atoms with Gasteiger partial charge in [-0.15, -0.1) is 0 Å². The number of carbonyl (C=O) groups excluding carboxylic acids is 1. The smallest absolute Gasteiger partial charge is 0.171 e. The van der Waals surface area contributed by atoms with Crippen molar-refractivity contribution >= 4 is 6.29 Å². The maximum Gasteiger partial charge on any atom is 0.171 e. The zero-order valence-electron chi connectivity index (χ0n) is 12.1. The van der Waals surface area contributed by atoms with Crippen LogP contribution in [-0.2, 0) is 0 Å². The predicted octanol–water partition coefficient (Wildman–Crippen LogP) is 3.22. The van der Waals surface area contributed by atoms with Crippen LogP contribution in [0.3, 0.4) is 0 Å². The molecule has 0 atom stereocenters. The van der Waals surface area contributed by atoms with Crippen LogP contribution in [0.4, 0.5) is 0 Å². The molecule has 0 aliphatic heterocycles. The Hall–Kier alpha value is -1.55. The van der Waals surface area contributed by atoms with E-state index in [0.717, 1.165) is 44.8 Å². The molecule has 112 valence electrons. The highest BCUT2D eigenvalue weighted by atomic mass is 16.5. The fourth-order valence-corrected chi connectivity index (χ4v) is 2.04. The maximum atomic E-state index is 11.0. The number of ether oxygens (including phenoxy) is 2. The summed E-state index contributed by atoms with van der Waals surface area (Å²) in [4.78, 5) is 11.0. The molecule has 4 nitrogen and oxygen atoms in total. The van der Waals surface area contributed by atoms with Crippen LogP contribution in [0, 0.1) is 0 Å². The maximum absolute atomic E-state index is 11.0. The van der Waals surface area contributed by atoms with Crippen molar-refractivity contribution in [3.05, 3.63) is 23.8 Å². The monoisotopic (exact) mass is 280 g/mol. The third kappa shape index (κ3) is 5.61. The minimum absolute atomic E-state index is 0.283. The van der Waals surface area contributed by atoms with Crippen LogP contribution in [0.2, 0.25) is 0 Å². The van der Waals surface area contributed by atoms with Gasteiger partial charge in [-0.05, 0) is 25.0 Å². The summed E-state index contributed by atoms with van der Waals surface area (Å²) in [6.07, 6.45) is 7.10. The van der Waals surface area contributed by atoms with E-state index >= 15 is 0 Å². The molecule has 4 heteroatoms. The van der Waals surface area contributed by atoms with Crippen LogP contribution < -0.4 is 9.47 Å². The molecule has 0 saturated carbocycles. The first-order valence-corrected chi connectivity index (χ1v) is 7.19. The summed E-state index contributed by atoms with van der Waals surface area (Å²) >= 11 is 0. The van der Waals surface area contributed by atoms with Gasteiger partial charge in [0.05, 0.1) is 19.3 Å². The topological polar surface area (TPSA) is 55.8 Å². The lowest BCUT2D eigenvalue weighted by Crippen LogP contribution is -2.02. The number of aliphatic hydroxyl groups excluding tert-OH is 1. The van der Waals surface area contributed by atoms with Gasteiger partial charge < -0.3 is 14.6 Å². The third-order valence-electron chi connectivity index (χ3n) is 3.16. The van der Waals surface area contributed by atoms with Gasteiger partial charge in [-0.3, -0.25) is 4.79 Å². The van der Waals surface area contributed by atoms with Crippen molar-refractivity contribution in [1.29, 1.82) is 0 Å². The van der Waals surface area contributed by atoms with Crippen LogP contribution >= 0.6 is 0 Å². The summed E-state index contributed by atoms with van der Waals surface area (Å²) in [7, 11) is 1.57. The lowest BCUT2D eigenvalue weighted by atomic mass is 10.1. The van der Waals surface area contributed by atoms with Gasteiger partial charge in [0.2, 0.25) is 0 Å². The number of methoxy groups -OCH3 is 1.